The third-order valence-electron chi connectivity index (χ3n) is 4.04. The molecule has 1 heterocycles. The van der Waals surface area contributed by atoms with Crippen LogP contribution in [0, 0.1) is 12.7 Å². The Morgan fingerprint density at radius 2 is 1.90 bits per heavy atom. The number of amides is 1. The van der Waals surface area contributed by atoms with E-state index in [0.29, 0.717) is 12.1 Å². The van der Waals surface area contributed by atoms with Gasteiger partial charge in [-0.3, -0.25) is 4.79 Å². The van der Waals surface area contributed by atoms with E-state index in [0.717, 1.165) is 30.3 Å². The number of nitrogens with zero attached hydrogens (tertiary/aromatic N) is 3. The van der Waals surface area contributed by atoms with Crippen LogP contribution in [0.1, 0.15) is 11.4 Å². The van der Waals surface area contributed by atoms with Crippen LogP contribution in [0.4, 0.5) is 23.2 Å². The van der Waals surface area contributed by atoms with Gasteiger partial charge in [-0.1, -0.05) is 11.2 Å². The molecule has 0 radical (unpaired) electrons. The highest BCUT2D eigenvalue weighted by Gasteiger charge is 2.36. The predicted octanol–water partition coefficient (Wildman–Crippen LogP) is 2.88. The van der Waals surface area contributed by atoms with E-state index in [4.69, 9.17) is 10.3 Å². The number of hydrogen-bond acceptors (Lipinski definition) is 7. The summed E-state index contributed by atoms with van der Waals surface area (Å²) in [6, 6.07) is 5.49. The van der Waals surface area contributed by atoms with Crippen LogP contribution in [0.2, 0.25) is 0 Å². The highest BCUT2D eigenvalue weighted by Crippen LogP contribution is 2.36. The molecule has 13 heteroatoms. The van der Waals surface area contributed by atoms with Gasteiger partial charge in [0.15, 0.2) is 5.82 Å². The number of carbonyl (C=O) groups is 1. The first-order valence-corrected chi connectivity index (χ1v) is 9.95. The molecule has 0 aliphatic carbocycles. The van der Waals surface area contributed by atoms with E-state index in [1.54, 1.807) is 0 Å². The zero-order valence-corrected chi connectivity index (χ0v) is 16.5. The molecule has 0 aliphatic heterocycles. The summed E-state index contributed by atoms with van der Waals surface area (Å²) in [5.41, 5.74) is 3.43. The van der Waals surface area contributed by atoms with Gasteiger partial charge >= 0.3 is 6.18 Å². The molecule has 0 fully saturated rings. The smallest absolute Gasteiger partial charge is 0.334 e. The van der Waals surface area contributed by atoms with E-state index in [9.17, 15) is 30.8 Å². The minimum Gasteiger partial charge on any atom is -0.334 e. The van der Waals surface area contributed by atoms with Gasteiger partial charge in [0, 0.05) is 0 Å². The van der Waals surface area contributed by atoms with Gasteiger partial charge in [-0.2, -0.15) is 18.2 Å². The van der Waals surface area contributed by atoms with Gasteiger partial charge in [0.2, 0.25) is 0 Å². The van der Waals surface area contributed by atoms with Crippen LogP contribution < -0.4 is 10.0 Å². The van der Waals surface area contributed by atoms with Crippen LogP contribution in [-0.2, 0) is 21.0 Å². The number of aromatic nitrogens is 2. The number of aryl methyl sites for hydroxylation is 1. The summed E-state index contributed by atoms with van der Waals surface area (Å²) in [5, 5.41) is 3.54. The SMILES string of the molecule is Cc1noc(-c2cc(F)ccc2N(C(=O)CN)S(=O)(=O)c2cccc(C(F)(F)F)c2)n1. The molecule has 0 bridgehead atoms. The Kier molecular flexibility index (Phi) is 5.83. The van der Waals surface area contributed by atoms with E-state index >= 15 is 0 Å². The second kappa shape index (κ2) is 8.07. The number of halogens is 4. The summed E-state index contributed by atoms with van der Waals surface area (Å²) in [5.74, 6) is -2.16. The number of sulfonamides is 1. The van der Waals surface area contributed by atoms with E-state index in [-0.39, 0.29) is 21.6 Å². The lowest BCUT2D eigenvalue weighted by Gasteiger charge is -2.24. The molecular formula is C18H14F4N4O4S. The van der Waals surface area contributed by atoms with Crippen molar-refractivity contribution in [1.29, 1.82) is 0 Å². The van der Waals surface area contributed by atoms with Crippen molar-refractivity contribution in [1.82, 2.24) is 10.1 Å². The van der Waals surface area contributed by atoms with Gasteiger partial charge in [0.25, 0.3) is 21.8 Å². The fraction of sp³-hybridized carbons (Fsp3) is 0.167. The van der Waals surface area contributed by atoms with Gasteiger partial charge in [-0.25, -0.2) is 17.1 Å². The molecule has 2 N–H and O–H groups in total. The molecule has 0 spiro atoms. The molecule has 31 heavy (non-hydrogen) atoms. The van der Waals surface area contributed by atoms with Crippen LogP contribution in [-0.4, -0.2) is 31.0 Å². The molecule has 3 rings (SSSR count). The number of anilines is 1. The minimum absolute atomic E-state index is 0.141. The maximum Gasteiger partial charge on any atom is 0.416 e. The molecule has 2 aromatic carbocycles. The summed E-state index contributed by atoms with van der Waals surface area (Å²) in [7, 11) is -4.89. The number of rotatable bonds is 5. The Hall–Kier alpha value is -3.32. The summed E-state index contributed by atoms with van der Waals surface area (Å²) in [6.07, 6.45) is -4.82. The second-order valence-corrected chi connectivity index (χ2v) is 7.99. The second-order valence-electron chi connectivity index (χ2n) is 6.20. The largest absolute Gasteiger partial charge is 0.416 e. The molecule has 0 saturated heterocycles. The Morgan fingerprint density at radius 3 is 2.48 bits per heavy atom. The Balaban J connectivity index is 2.25. The molecular weight excluding hydrogens is 444 g/mol. The molecule has 1 amide bonds. The van der Waals surface area contributed by atoms with Crippen molar-refractivity contribution in [2.45, 2.75) is 18.0 Å². The molecule has 0 unspecified atom stereocenters. The third-order valence-corrected chi connectivity index (χ3v) is 5.77. The number of alkyl halides is 3. The lowest BCUT2D eigenvalue weighted by atomic mass is 10.1. The molecule has 0 aliphatic rings. The topological polar surface area (TPSA) is 119 Å². The molecule has 0 atom stereocenters. The van der Waals surface area contributed by atoms with Crippen LogP contribution in [0.25, 0.3) is 11.5 Å². The zero-order chi connectivity index (χ0) is 23.0. The molecule has 164 valence electrons. The summed E-state index contributed by atoms with van der Waals surface area (Å²) in [4.78, 5) is 15.6. The van der Waals surface area contributed by atoms with Gasteiger partial charge in [-0.05, 0) is 43.3 Å². The highest BCUT2D eigenvalue weighted by atomic mass is 32.2. The quantitative estimate of drug-likeness (QED) is 0.584. The van der Waals surface area contributed by atoms with Crippen molar-refractivity contribution in [3.8, 4) is 11.5 Å². The van der Waals surface area contributed by atoms with Gasteiger partial charge in [0.1, 0.15) is 5.82 Å². The summed E-state index contributed by atoms with van der Waals surface area (Å²) >= 11 is 0. The van der Waals surface area contributed by atoms with Gasteiger partial charge in [0.05, 0.1) is 28.3 Å². The summed E-state index contributed by atoms with van der Waals surface area (Å²) in [6.45, 7) is 0.645. The number of nitrogens with two attached hydrogens (primary N) is 1. The third kappa shape index (κ3) is 4.41. The molecule has 8 nitrogen and oxygen atoms in total. The maximum absolute atomic E-state index is 13.9. The van der Waals surface area contributed by atoms with Crippen molar-refractivity contribution in [3.63, 3.8) is 0 Å². The first-order valence-electron chi connectivity index (χ1n) is 8.51. The van der Waals surface area contributed by atoms with E-state index in [1.807, 2.05) is 0 Å². The Bertz CT molecular complexity index is 1240. The van der Waals surface area contributed by atoms with Crippen molar-refractivity contribution < 1.29 is 35.3 Å². The summed E-state index contributed by atoms with van der Waals surface area (Å²) < 4.78 is 84.7. The number of benzene rings is 2. The van der Waals surface area contributed by atoms with E-state index in [1.165, 1.54) is 6.92 Å². The van der Waals surface area contributed by atoms with Crippen molar-refractivity contribution in [2.24, 2.45) is 5.73 Å². The number of carbonyl (C=O) groups excluding carboxylic acids is 1. The molecule has 3 aromatic rings. The lowest BCUT2D eigenvalue weighted by Crippen LogP contribution is -2.41. The monoisotopic (exact) mass is 458 g/mol. The fourth-order valence-electron chi connectivity index (χ4n) is 2.68. The van der Waals surface area contributed by atoms with Crippen LogP contribution in [0.5, 0.6) is 0 Å². The average molecular weight is 458 g/mol. The fourth-order valence-corrected chi connectivity index (χ4v) is 4.18. The first kappa shape index (κ1) is 22.4. The lowest BCUT2D eigenvalue weighted by molar-refractivity contribution is -0.137. The minimum atomic E-state index is -4.89. The van der Waals surface area contributed by atoms with Gasteiger partial charge < -0.3 is 10.3 Å². The van der Waals surface area contributed by atoms with E-state index < -0.39 is 50.6 Å². The van der Waals surface area contributed by atoms with Crippen LogP contribution in [0.15, 0.2) is 51.9 Å². The van der Waals surface area contributed by atoms with Crippen LogP contribution >= 0.6 is 0 Å². The normalized spacial score (nSPS) is 12.1. The Labute approximate surface area is 173 Å². The van der Waals surface area contributed by atoms with E-state index in [2.05, 4.69) is 10.1 Å². The standard InChI is InChI=1S/C18H14F4N4O4S/c1-10-24-17(30-25-10)14-8-12(19)5-6-15(14)26(16(27)9-23)31(28,29)13-4-2-3-11(7-13)18(20,21)22/h2-8H,9,23H2,1H3. The van der Waals surface area contributed by atoms with Crippen molar-refractivity contribution >= 4 is 21.6 Å². The van der Waals surface area contributed by atoms with Crippen LogP contribution in [0.3, 0.4) is 0 Å². The Morgan fingerprint density at radius 1 is 1.19 bits per heavy atom. The number of hydrogen-bond donors (Lipinski definition) is 1. The highest BCUT2D eigenvalue weighted by molar-refractivity contribution is 7.93. The van der Waals surface area contributed by atoms with Crippen molar-refractivity contribution in [3.05, 3.63) is 59.7 Å². The first-order chi connectivity index (χ1) is 14.4. The van der Waals surface area contributed by atoms with Gasteiger partial charge in [-0.15, -0.1) is 0 Å². The maximum atomic E-state index is 13.9. The zero-order valence-electron chi connectivity index (χ0n) is 15.7. The van der Waals surface area contributed by atoms with Crippen molar-refractivity contribution in [2.75, 3.05) is 10.8 Å². The molecule has 0 saturated carbocycles. The molecule has 1 aromatic heterocycles. The predicted molar refractivity (Wildman–Crippen MR) is 99.6 cm³/mol. The average Bonchev–Trinajstić information content (AvgIpc) is 3.14.